The summed E-state index contributed by atoms with van der Waals surface area (Å²) in [6, 6.07) is 12.0. The van der Waals surface area contributed by atoms with Gasteiger partial charge in [0.15, 0.2) is 0 Å². The number of hydrogen-bond donors (Lipinski definition) is 1. The van der Waals surface area contributed by atoms with Crippen LogP contribution in [0, 0.1) is 5.92 Å². The molecule has 1 unspecified atom stereocenters. The van der Waals surface area contributed by atoms with Crippen molar-refractivity contribution >= 4 is 46.4 Å². The normalized spacial score (nSPS) is 16.8. The molecule has 1 aliphatic heterocycles. The predicted molar refractivity (Wildman–Crippen MR) is 98.5 cm³/mol. The van der Waals surface area contributed by atoms with E-state index in [4.69, 9.17) is 27.9 Å². The number of halogens is 2. The van der Waals surface area contributed by atoms with Gasteiger partial charge in [0, 0.05) is 29.7 Å². The second kappa shape index (κ2) is 7.33. The maximum Gasteiger partial charge on any atom is 0.229 e. The highest BCUT2D eigenvalue weighted by molar-refractivity contribution is 6.36. The van der Waals surface area contributed by atoms with Crippen LogP contribution in [0.3, 0.4) is 0 Å². The van der Waals surface area contributed by atoms with E-state index < -0.39 is 5.92 Å². The molecule has 0 bridgehead atoms. The van der Waals surface area contributed by atoms with Crippen LogP contribution < -0.4 is 15.0 Å². The van der Waals surface area contributed by atoms with Crippen molar-refractivity contribution in [2.24, 2.45) is 5.92 Å². The summed E-state index contributed by atoms with van der Waals surface area (Å²) < 4.78 is 5.14. The van der Waals surface area contributed by atoms with E-state index >= 15 is 0 Å². The van der Waals surface area contributed by atoms with E-state index in [2.05, 4.69) is 5.32 Å². The molecule has 0 spiro atoms. The highest BCUT2D eigenvalue weighted by atomic mass is 35.5. The van der Waals surface area contributed by atoms with Crippen LogP contribution in [0.2, 0.25) is 10.0 Å². The Balaban J connectivity index is 1.72. The lowest BCUT2D eigenvalue weighted by atomic mass is 10.1. The molecule has 7 heteroatoms. The Morgan fingerprint density at radius 2 is 2.04 bits per heavy atom. The Kier molecular flexibility index (Phi) is 5.16. The summed E-state index contributed by atoms with van der Waals surface area (Å²) in [5, 5.41) is 3.70. The van der Waals surface area contributed by atoms with Gasteiger partial charge < -0.3 is 15.0 Å². The van der Waals surface area contributed by atoms with Crippen LogP contribution in [0.25, 0.3) is 0 Å². The minimum atomic E-state index is -0.453. The maximum absolute atomic E-state index is 12.5. The second-order valence-electron chi connectivity index (χ2n) is 5.72. The summed E-state index contributed by atoms with van der Waals surface area (Å²) in [6.07, 6.45) is 0.134. The van der Waals surface area contributed by atoms with E-state index in [-0.39, 0.29) is 24.8 Å². The fourth-order valence-electron chi connectivity index (χ4n) is 2.76. The number of carbonyl (C=O) groups is 2. The first-order chi connectivity index (χ1) is 12.0. The third kappa shape index (κ3) is 3.89. The monoisotopic (exact) mass is 378 g/mol. The Hall–Kier alpha value is -2.24. The Bertz CT molecular complexity index is 826. The van der Waals surface area contributed by atoms with Gasteiger partial charge in [-0.3, -0.25) is 9.59 Å². The van der Waals surface area contributed by atoms with Crippen LogP contribution in [-0.4, -0.2) is 25.5 Å². The summed E-state index contributed by atoms with van der Waals surface area (Å²) in [6.45, 7) is 0.274. The fraction of sp³-hybridized carbons (Fsp3) is 0.222. The van der Waals surface area contributed by atoms with Crippen molar-refractivity contribution in [1.29, 1.82) is 0 Å². The van der Waals surface area contributed by atoms with E-state index in [0.29, 0.717) is 27.2 Å². The summed E-state index contributed by atoms with van der Waals surface area (Å²) in [5.41, 5.74) is 1.19. The zero-order valence-corrected chi connectivity index (χ0v) is 15.0. The quantitative estimate of drug-likeness (QED) is 0.874. The number of methoxy groups -OCH3 is 1. The van der Waals surface area contributed by atoms with E-state index in [1.807, 2.05) is 0 Å². The van der Waals surface area contributed by atoms with Crippen LogP contribution in [0.5, 0.6) is 5.75 Å². The zero-order valence-electron chi connectivity index (χ0n) is 13.5. The molecule has 25 heavy (non-hydrogen) atoms. The molecule has 1 saturated heterocycles. The van der Waals surface area contributed by atoms with Gasteiger partial charge in [-0.15, -0.1) is 0 Å². The average Bonchev–Trinajstić information content (AvgIpc) is 2.97. The molecule has 2 aromatic carbocycles. The standard InChI is InChI=1S/C18H16Cl2N2O3/c1-25-14-4-2-3-13(9-14)21-18(24)11-7-17(23)22(10-11)16-6-5-12(19)8-15(16)20/h2-6,8-9,11H,7,10H2,1H3,(H,21,24). The van der Waals surface area contributed by atoms with Crippen molar-refractivity contribution in [3.63, 3.8) is 0 Å². The summed E-state index contributed by atoms with van der Waals surface area (Å²) in [5.74, 6) is -0.162. The molecule has 3 rings (SSSR count). The van der Waals surface area contributed by atoms with Gasteiger partial charge in [0.25, 0.3) is 0 Å². The third-order valence-corrected chi connectivity index (χ3v) is 4.57. The van der Waals surface area contributed by atoms with Crippen LogP contribution >= 0.6 is 23.2 Å². The van der Waals surface area contributed by atoms with E-state index in [9.17, 15) is 9.59 Å². The first-order valence-electron chi connectivity index (χ1n) is 7.68. The van der Waals surface area contributed by atoms with Crippen molar-refractivity contribution in [3.8, 4) is 5.75 Å². The van der Waals surface area contributed by atoms with Gasteiger partial charge in [-0.1, -0.05) is 29.3 Å². The largest absolute Gasteiger partial charge is 0.497 e. The number of amides is 2. The molecule has 0 radical (unpaired) electrons. The number of rotatable bonds is 4. The molecule has 0 aromatic heterocycles. The van der Waals surface area contributed by atoms with Gasteiger partial charge in [-0.05, 0) is 30.3 Å². The molecule has 130 valence electrons. The molecular weight excluding hydrogens is 363 g/mol. The van der Waals surface area contributed by atoms with Gasteiger partial charge in [0.1, 0.15) is 5.75 Å². The average molecular weight is 379 g/mol. The Labute approximate surface area is 155 Å². The van der Waals surface area contributed by atoms with Crippen LogP contribution in [0.15, 0.2) is 42.5 Å². The first-order valence-corrected chi connectivity index (χ1v) is 8.44. The van der Waals surface area contributed by atoms with E-state index in [0.717, 1.165) is 0 Å². The molecule has 1 N–H and O–H groups in total. The van der Waals surface area contributed by atoms with Gasteiger partial charge in [-0.25, -0.2) is 0 Å². The maximum atomic E-state index is 12.5. The molecule has 0 aliphatic carbocycles. The number of nitrogens with zero attached hydrogens (tertiary/aromatic N) is 1. The zero-order chi connectivity index (χ0) is 18.0. The Morgan fingerprint density at radius 1 is 1.24 bits per heavy atom. The molecule has 0 saturated carbocycles. The lowest BCUT2D eigenvalue weighted by molar-refractivity contribution is -0.122. The topological polar surface area (TPSA) is 58.6 Å². The molecule has 1 atom stereocenters. The smallest absolute Gasteiger partial charge is 0.229 e. The molecule has 1 fully saturated rings. The van der Waals surface area contributed by atoms with Crippen molar-refractivity contribution in [1.82, 2.24) is 0 Å². The molecule has 2 aromatic rings. The highest BCUT2D eigenvalue weighted by Crippen LogP contribution is 2.33. The van der Waals surface area contributed by atoms with Gasteiger partial charge >= 0.3 is 0 Å². The van der Waals surface area contributed by atoms with Gasteiger partial charge in [0.2, 0.25) is 11.8 Å². The minimum absolute atomic E-state index is 0.134. The SMILES string of the molecule is COc1cccc(NC(=O)C2CC(=O)N(c3ccc(Cl)cc3Cl)C2)c1. The molecule has 1 aliphatic rings. The summed E-state index contributed by atoms with van der Waals surface area (Å²) in [7, 11) is 1.56. The van der Waals surface area contributed by atoms with Crippen molar-refractivity contribution in [3.05, 3.63) is 52.5 Å². The molecule has 1 heterocycles. The van der Waals surface area contributed by atoms with Crippen LogP contribution in [0.4, 0.5) is 11.4 Å². The van der Waals surface area contributed by atoms with Gasteiger partial charge in [-0.2, -0.15) is 0 Å². The Morgan fingerprint density at radius 3 is 2.76 bits per heavy atom. The lowest BCUT2D eigenvalue weighted by Gasteiger charge is -2.18. The summed E-state index contributed by atoms with van der Waals surface area (Å²) >= 11 is 12.1. The number of benzene rings is 2. The number of anilines is 2. The summed E-state index contributed by atoms with van der Waals surface area (Å²) in [4.78, 5) is 26.3. The minimum Gasteiger partial charge on any atom is -0.497 e. The van der Waals surface area contributed by atoms with E-state index in [1.54, 1.807) is 49.6 Å². The number of ether oxygens (including phenoxy) is 1. The van der Waals surface area contributed by atoms with Crippen LogP contribution in [-0.2, 0) is 9.59 Å². The molecule has 2 amide bonds. The third-order valence-electron chi connectivity index (χ3n) is 4.03. The van der Waals surface area contributed by atoms with E-state index in [1.165, 1.54) is 4.90 Å². The number of hydrogen-bond acceptors (Lipinski definition) is 3. The highest BCUT2D eigenvalue weighted by Gasteiger charge is 2.36. The van der Waals surface area contributed by atoms with Crippen LogP contribution in [0.1, 0.15) is 6.42 Å². The second-order valence-corrected chi connectivity index (χ2v) is 6.57. The predicted octanol–water partition coefficient (Wildman–Crippen LogP) is 3.99. The van der Waals surface area contributed by atoms with Gasteiger partial charge in [0.05, 0.1) is 23.7 Å². The van der Waals surface area contributed by atoms with Crippen molar-refractivity contribution in [2.75, 3.05) is 23.9 Å². The number of nitrogens with one attached hydrogen (secondary N) is 1. The lowest BCUT2D eigenvalue weighted by Crippen LogP contribution is -2.28. The molecule has 5 nitrogen and oxygen atoms in total. The van der Waals surface area contributed by atoms with Crippen molar-refractivity contribution in [2.45, 2.75) is 6.42 Å². The number of carbonyl (C=O) groups excluding carboxylic acids is 2. The van der Waals surface area contributed by atoms with Crippen molar-refractivity contribution < 1.29 is 14.3 Å². The molecular formula is C18H16Cl2N2O3. The fourth-order valence-corrected chi connectivity index (χ4v) is 3.27. The first kappa shape index (κ1) is 17.6.